The highest BCUT2D eigenvalue weighted by molar-refractivity contribution is 6.76. The Morgan fingerprint density at radius 1 is 0.354 bits per heavy atom. The fraction of sp³-hybridized carbons (Fsp3) is 0.0833. The SMILES string of the molecule is CCOC(=O)c1[nH]c2ccccc2c(=O)c1Nc1ccccc1.O=C(NCc1ccc2[nH]c3c(=O)c4cc(CNC(=O)C(Cl)(Cl)Cl)ccc4[nH]c3c(=O)c2c1)C(Cl)(Cl)Cl.O=c1c2ccccc2[nH]c2c(=O)c3ccccc3[nH]c12.O=c1c2ccccc2[nH]c2c(=O)c3ccccc3[nH]c12. The minimum absolute atomic E-state index is 0.0198. The molecule has 10 N–H and O–H groups in total. The number of nitrogens with one attached hydrogen (secondary N) is 10. The summed E-state index contributed by atoms with van der Waals surface area (Å²) in [6.45, 7) is 2.00. The van der Waals surface area contributed by atoms with Crippen molar-refractivity contribution in [3.05, 3.63) is 276 Å². The van der Waals surface area contributed by atoms with Crippen LogP contribution in [0.15, 0.2) is 222 Å². The maximum atomic E-state index is 13.2. The molecule has 0 aliphatic rings. The van der Waals surface area contributed by atoms with Crippen LogP contribution in [0, 0.1) is 0 Å². The molecule has 2 amide bonds. The predicted octanol–water partition coefficient (Wildman–Crippen LogP) is 13.0. The minimum atomic E-state index is -2.11. The minimum Gasteiger partial charge on any atom is -0.461 e. The van der Waals surface area contributed by atoms with Crippen LogP contribution in [-0.2, 0) is 27.4 Å². The molecule has 0 saturated heterocycles. The number of rotatable bonds is 8. The van der Waals surface area contributed by atoms with E-state index in [1.54, 1.807) is 116 Å². The Hall–Kier alpha value is -11.0. The average molecular weight is 1440 g/mol. The molecule has 0 radical (unpaired) electrons. The molecule has 15 aromatic rings. The highest BCUT2D eigenvalue weighted by atomic mass is 35.6. The molecular weight excluding hydrogens is 1390 g/mol. The molecule has 0 saturated carbocycles. The second-order valence-corrected chi connectivity index (χ2v) is 26.8. The largest absolute Gasteiger partial charge is 0.461 e. The van der Waals surface area contributed by atoms with Crippen LogP contribution in [0.3, 0.4) is 0 Å². The molecule has 7 aromatic heterocycles. The van der Waals surface area contributed by atoms with Gasteiger partial charge in [0.1, 0.15) is 38.8 Å². The van der Waals surface area contributed by atoms with E-state index in [-0.39, 0.29) is 69.3 Å². The number of amides is 2. The van der Waals surface area contributed by atoms with E-state index < -0.39 is 36.2 Å². The summed E-state index contributed by atoms with van der Waals surface area (Å²) in [5.74, 6) is -2.17. The van der Waals surface area contributed by atoms with Gasteiger partial charge in [-0.05, 0) is 115 Å². The maximum Gasteiger partial charge on any atom is 0.357 e. The number of aromatic amines is 7. The zero-order chi connectivity index (χ0) is 70.0. The lowest BCUT2D eigenvalue weighted by Crippen LogP contribution is -2.34. The summed E-state index contributed by atoms with van der Waals surface area (Å²) < 4.78 is 0.838. The topological polar surface area (TPSA) is 327 Å². The van der Waals surface area contributed by atoms with Crippen LogP contribution in [0.5, 0.6) is 0 Å². The number of H-pyrrole nitrogens is 7. The van der Waals surface area contributed by atoms with Crippen molar-refractivity contribution in [3.63, 3.8) is 0 Å². The van der Waals surface area contributed by atoms with Crippen LogP contribution in [0.25, 0.3) is 109 Å². The number of hydrogen-bond donors (Lipinski definition) is 10. The number of halogens is 6. The van der Waals surface area contributed by atoms with Gasteiger partial charge in [-0.15, -0.1) is 0 Å². The summed E-state index contributed by atoms with van der Waals surface area (Å²) in [5, 5.41) is 11.4. The third-order valence-corrected chi connectivity index (χ3v) is 16.9. The Balaban J connectivity index is 0.000000129. The van der Waals surface area contributed by atoms with E-state index in [1.165, 1.54) is 0 Å². The van der Waals surface area contributed by atoms with Crippen LogP contribution in [0.2, 0.25) is 0 Å². The summed E-state index contributed by atoms with van der Waals surface area (Å²) in [7, 11) is 0. The number of carbonyl (C=O) groups is 3. The van der Waals surface area contributed by atoms with Gasteiger partial charge in [0.15, 0.2) is 5.69 Å². The Morgan fingerprint density at radius 3 is 0.960 bits per heavy atom. The number of aromatic nitrogens is 7. The van der Waals surface area contributed by atoms with Crippen molar-refractivity contribution in [2.45, 2.75) is 27.6 Å². The van der Waals surface area contributed by atoms with Crippen molar-refractivity contribution in [2.75, 3.05) is 11.9 Å². The molecule has 99 heavy (non-hydrogen) atoms. The third kappa shape index (κ3) is 14.1. The fourth-order valence-corrected chi connectivity index (χ4v) is 11.5. The molecule has 7 heterocycles. The Kier molecular flexibility index (Phi) is 19.3. The molecule has 27 heteroatoms. The van der Waals surface area contributed by atoms with Gasteiger partial charge in [0.2, 0.25) is 38.0 Å². The Labute approximate surface area is 585 Å². The van der Waals surface area contributed by atoms with Crippen LogP contribution >= 0.6 is 69.6 Å². The highest BCUT2D eigenvalue weighted by Gasteiger charge is 2.31. The lowest BCUT2D eigenvalue weighted by molar-refractivity contribution is -0.121. The van der Waals surface area contributed by atoms with E-state index in [9.17, 15) is 47.9 Å². The Morgan fingerprint density at radius 2 is 0.636 bits per heavy atom. The van der Waals surface area contributed by atoms with E-state index in [4.69, 9.17) is 74.3 Å². The first-order valence-corrected chi connectivity index (χ1v) is 32.3. The summed E-state index contributed by atoms with van der Waals surface area (Å²) >= 11 is 33.3. The van der Waals surface area contributed by atoms with E-state index >= 15 is 0 Å². The first kappa shape index (κ1) is 67.9. The van der Waals surface area contributed by atoms with Gasteiger partial charge in [0, 0.05) is 89.6 Å². The second kappa shape index (κ2) is 28.2. The van der Waals surface area contributed by atoms with E-state index in [0.29, 0.717) is 110 Å². The molecular formula is C72H50Cl6N10O11. The predicted molar refractivity (Wildman–Crippen MR) is 395 cm³/mol. The molecule has 15 rings (SSSR count). The fourth-order valence-electron chi connectivity index (χ4n) is 11.1. The number of ether oxygens (including phenoxy) is 1. The number of carbonyl (C=O) groups excluding carboxylic acids is 3. The van der Waals surface area contributed by atoms with Crippen molar-refractivity contribution in [1.82, 2.24) is 45.5 Å². The van der Waals surface area contributed by atoms with Crippen molar-refractivity contribution in [2.24, 2.45) is 0 Å². The summed E-state index contributed by atoms with van der Waals surface area (Å²) in [6.07, 6.45) is 0. The lowest BCUT2D eigenvalue weighted by atomic mass is 10.1. The summed E-state index contributed by atoms with van der Waals surface area (Å²) in [4.78, 5) is 146. The van der Waals surface area contributed by atoms with Gasteiger partial charge in [-0.25, -0.2) is 4.79 Å². The molecule has 8 aromatic carbocycles. The van der Waals surface area contributed by atoms with E-state index in [1.807, 2.05) is 78.9 Å². The maximum absolute atomic E-state index is 13.2. The number of anilines is 2. The van der Waals surface area contributed by atoms with Gasteiger partial charge in [0.05, 0.1) is 12.1 Å². The average Bonchev–Trinajstić information content (AvgIpc) is 0.765. The summed E-state index contributed by atoms with van der Waals surface area (Å²) in [5.41, 5.74) is 6.10. The van der Waals surface area contributed by atoms with Gasteiger partial charge in [-0.3, -0.25) is 43.2 Å². The van der Waals surface area contributed by atoms with Gasteiger partial charge < -0.3 is 55.6 Å². The quantitative estimate of drug-likeness (QED) is 0.0386. The van der Waals surface area contributed by atoms with Crippen molar-refractivity contribution in [3.8, 4) is 0 Å². The second-order valence-electron chi connectivity index (χ2n) is 22.2. The number of pyridine rings is 7. The number of alkyl halides is 6. The molecule has 0 aliphatic carbocycles. The van der Waals surface area contributed by atoms with Gasteiger partial charge in [-0.1, -0.05) is 161 Å². The van der Waals surface area contributed by atoms with E-state index in [2.05, 4.69) is 50.8 Å². The standard InChI is InChI=1S/C22H14Cl6N4O4.C18H16N2O3.2C16H10N2O2/c23-21(24,25)19(35)29-7-9-1-3-13-11(5-9)17(33)16-15(31-13)18(34)12-6-10(2-4-14(12)32-16)8-30-20(36)22(26,27)28;1-2-23-18(22)16-15(19-12-8-4-3-5-9-12)17(21)13-10-6-7-11-14(13)20-16;2*19-15-9-5-1-3-7-11(9)17-14-13(15)18-12-8-4-2-6-10(12)16(14)20/h1-6H,7-8H2,(H,29,35)(H,30,36)(H,31,33)(H,32,34);3-11,19H,2H2,1H3,(H,20,21);2*1-8H,(H,17,19)(H,18,20). The molecule has 0 aliphatic heterocycles. The molecule has 496 valence electrons. The van der Waals surface area contributed by atoms with Gasteiger partial charge in [0.25, 0.3) is 19.4 Å². The molecule has 0 bridgehead atoms. The molecule has 0 unspecified atom stereocenters. The van der Waals surface area contributed by atoms with Crippen molar-refractivity contribution >= 4 is 208 Å². The van der Waals surface area contributed by atoms with Gasteiger partial charge in [-0.2, -0.15) is 0 Å². The van der Waals surface area contributed by atoms with Crippen molar-refractivity contribution < 1.29 is 19.1 Å². The first-order valence-electron chi connectivity index (χ1n) is 30.1. The highest BCUT2D eigenvalue weighted by Crippen LogP contribution is 2.28. The number of hydrogen-bond acceptors (Lipinski definition) is 12. The zero-order valence-electron chi connectivity index (χ0n) is 51.3. The molecule has 0 spiro atoms. The monoisotopic (exact) mass is 1440 g/mol. The number of para-hydroxylation sites is 6. The lowest BCUT2D eigenvalue weighted by Gasteiger charge is -2.12. The molecule has 0 fully saturated rings. The number of fused-ring (bicyclic) bond motifs is 10. The van der Waals surface area contributed by atoms with Gasteiger partial charge >= 0.3 is 5.97 Å². The molecule has 21 nitrogen and oxygen atoms in total. The summed E-state index contributed by atoms with van der Waals surface area (Å²) in [6, 6.07) is 54.7. The van der Waals surface area contributed by atoms with Crippen LogP contribution in [0.1, 0.15) is 28.5 Å². The van der Waals surface area contributed by atoms with E-state index in [0.717, 1.165) is 5.69 Å². The Bertz CT molecular complexity index is 5760. The van der Waals surface area contributed by atoms with Crippen LogP contribution < -0.4 is 54.0 Å². The number of benzene rings is 8. The first-order chi connectivity index (χ1) is 47.5. The number of esters is 1. The smallest absolute Gasteiger partial charge is 0.357 e. The third-order valence-electron chi connectivity index (χ3n) is 15.9. The van der Waals surface area contributed by atoms with Crippen molar-refractivity contribution in [1.29, 1.82) is 0 Å². The zero-order valence-corrected chi connectivity index (χ0v) is 55.8. The van der Waals surface area contributed by atoms with Crippen LogP contribution in [-0.4, -0.2) is 66.9 Å². The van der Waals surface area contributed by atoms with Crippen LogP contribution in [0.4, 0.5) is 11.4 Å². The molecule has 0 atom stereocenters. The normalized spacial score (nSPS) is 11.5.